The molecular weight excluding hydrogens is 338 g/mol. The van der Waals surface area contributed by atoms with Crippen LogP contribution in [0.3, 0.4) is 0 Å². The number of hydrogen-bond acceptors (Lipinski definition) is 4. The number of furan rings is 1. The molecule has 5 rings (SSSR count). The lowest BCUT2D eigenvalue weighted by Crippen LogP contribution is -2.11. The monoisotopic (exact) mass is 353 g/mol. The topological polar surface area (TPSA) is 52.3 Å². The summed E-state index contributed by atoms with van der Waals surface area (Å²) in [5, 5.41) is 4.07. The van der Waals surface area contributed by atoms with E-state index in [1.54, 1.807) is 18.5 Å². The third-order valence-corrected chi connectivity index (χ3v) is 4.69. The van der Waals surface area contributed by atoms with Crippen molar-refractivity contribution in [2.75, 3.05) is 0 Å². The van der Waals surface area contributed by atoms with E-state index in [9.17, 15) is 4.79 Å². The Balaban J connectivity index is 1.50. The lowest BCUT2D eigenvalue weighted by molar-refractivity contribution is -0.133. The lowest BCUT2D eigenvalue weighted by Gasteiger charge is -2.07. The van der Waals surface area contributed by atoms with Crippen LogP contribution in [0.25, 0.3) is 32.6 Å². The number of pyridine rings is 1. The maximum absolute atomic E-state index is 12.6. The molecule has 0 bridgehead atoms. The van der Waals surface area contributed by atoms with E-state index < -0.39 is 0 Å². The molecule has 0 saturated carbocycles. The highest BCUT2D eigenvalue weighted by molar-refractivity contribution is 6.08. The van der Waals surface area contributed by atoms with Gasteiger partial charge in [-0.2, -0.15) is 0 Å². The van der Waals surface area contributed by atoms with E-state index in [4.69, 9.17) is 9.15 Å². The molecule has 0 radical (unpaired) electrons. The Kier molecular flexibility index (Phi) is 3.61. The average Bonchev–Trinajstić information content (AvgIpc) is 3.11. The van der Waals surface area contributed by atoms with Gasteiger partial charge in [0.25, 0.3) is 0 Å². The number of benzene rings is 3. The second kappa shape index (κ2) is 6.25. The molecule has 0 aliphatic carbocycles. The smallest absolute Gasteiger partial charge is 0.315 e. The van der Waals surface area contributed by atoms with Crippen LogP contribution in [0.4, 0.5) is 0 Å². The zero-order valence-corrected chi connectivity index (χ0v) is 14.4. The molecule has 27 heavy (non-hydrogen) atoms. The van der Waals surface area contributed by atoms with E-state index >= 15 is 0 Å². The molecule has 2 heterocycles. The molecule has 0 aliphatic heterocycles. The van der Waals surface area contributed by atoms with Gasteiger partial charge in [0.15, 0.2) is 5.75 Å². The maximum Gasteiger partial charge on any atom is 0.315 e. The molecule has 2 aromatic heterocycles. The summed E-state index contributed by atoms with van der Waals surface area (Å²) >= 11 is 0. The Bertz CT molecular complexity index is 1300. The van der Waals surface area contributed by atoms with Gasteiger partial charge < -0.3 is 9.15 Å². The van der Waals surface area contributed by atoms with Gasteiger partial charge in [0.05, 0.1) is 12.7 Å². The number of nitrogens with zero attached hydrogens (tertiary/aromatic N) is 1. The minimum Gasteiger partial charge on any atom is -0.464 e. The van der Waals surface area contributed by atoms with Crippen LogP contribution in [0.2, 0.25) is 0 Å². The van der Waals surface area contributed by atoms with E-state index in [0.717, 1.165) is 32.7 Å². The van der Waals surface area contributed by atoms with Gasteiger partial charge in [0.2, 0.25) is 0 Å². The number of hydrogen-bond donors (Lipinski definition) is 0. The van der Waals surface area contributed by atoms with Crippen LogP contribution in [0, 0.1) is 0 Å². The first-order valence-electron chi connectivity index (χ1n) is 8.72. The second-order valence-corrected chi connectivity index (χ2v) is 6.40. The number of fused-ring (bicyclic) bond motifs is 4. The van der Waals surface area contributed by atoms with Crippen LogP contribution in [-0.2, 0) is 11.2 Å². The predicted molar refractivity (Wildman–Crippen MR) is 105 cm³/mol. The third kappa shape index (κ3) is 2.72. The zero-order chi connectivity index (χ0) is 18.2. The number of para-hydroxylation sites is 1. The van der Waals surface area contributed by atoms with E-state index in [2.05, 4.69) is 4.98 Å². The molecule has 0 N–H and O–H groups in total. The van der Waals surface area contributed by atoms with Crippen molar-refractivity contribution in [3.63, 3.8) is 0 Å². The first-order valence-corrected chi connectivity index (χ1v) is 8.72. The predicted octanol–water partition coefficient (Wildman–Crippen LogP) is 5.28. The summed E-state index contributed by atoms with van der Waals surface area (Å²) in [4.78, 5) is 16.9. The first-order chi connectivity index (χ1) is 13.3. The number of carbonyl (C=O) groups is 1. The molecule has 0 aliphatic rings. The number of esters is 1. The fraction of sp³-hybridized carbons (Fsp3) is 0.0435. The van der Waals surface area contributed by atoms with Crippen molar-refractivity contribution in [2.45, 2.75) is 6.42 Å². The normalized spacial score (nSPS) is 11.3. The molecule has 3 aromatic carbocycles. The standard InChI is InChI=1S/C23H15NO3/c25-21(27-20-9-3-6-16-7-4-12-24-23(16)20)13-17-14-26-19-11-10-15-5-1-2-8-18(15)22(17)19/h1-12,14H,13H2. The third-order valence-electron chi connectivity index (χ3n) is 4.69. The van der Waals surface area contributed by atoms with Gasteiger partial charge in [-0.25, -0.2) is 0 Å². The quantitative estimate of drug-likeness (QED) is 0.327. The van der Waals surface area contributed by atoms with Gasteiger partial charge in [0.1, 0.15) is 11.1 Å². The van der Waals surface area contributed by atoms with Gasteiger partial charge in [0, 0.05) is 22.5 Å². The minimum atomic E-state index is -0.344. The van der Waals surface area contributed by atoms with Crippen molar-refractivity contribution >= 4 is 38.6 Å². The number of carbonyl (C=O) groups excluding carboxylic acids is 1. The molecule has 0 spiro atoms. The van der Waals surface area contributed by atoms with Crippen LogP contribution in [0.1, 0.15) is 5.56 Å². The highest BCUT2D eigenvalue weighted by Crippen LogP contribution is 2.30. The summed E-state index contributed by atoms with van der Waals surface area (Å²) in [7, 11) is 0. The summed E-state index contributed by atoms with van der Waals surface area (Å²) in [6.07, 6.45) is 3.46. The largest absolute Gasteiger partial charge is 0.464 e. The minimum absolute atomic E-state index is 0.129. The van der Waals surface area contributed by atoms with E-state index in [-0.39, 0.29) is 12.4 Å². The average molecular weight is 353 g/mol. The Morgan fingerprint density at radius 2 is 1.78 bits per heavy atom. The van der Waals surface area contributed by atoms with Crippen LogP contribution in [-0.4, -0.2) is 11.0 Å². The van der Waals surface area contributed by atoms with Gasteiger partial charge in [-0.1, -0.05) is 48.5 Å². The Morgan fingerprint density at radius 3 is 2.74 bits per heavy atom. The van der Waals surface area contributed by atoms with E-state index in [1.165, 1.54) is 0 Å². The summed E-state index contributed by atoms with van der Waals surface area (Å²) < 4.78 is 11.3. The number of aromatic nitrogens is 1. The molecule has 0 fully saturated rings. The van der Waals surface area contributed by atoms with E-state index in [1.807, 2.05) is 60.7 Å². The van der Waals surface area contributed by atoms with Crippen molar-refractivity contribution in [1.82, 2.24) is 4.98 Å². The number of ether oxygens (including phenoxy) is 1. The first kappa shape index (κ1) is 15.6. The highest BCUT2D eigenvalue weighted by atomic mass is 16.5. The maximum atomic E-state index is 12.6. The zero-order valence-electron chi connectivity index (χ0n) is 14.4. The fourth-order valence-electron chi connectivity index (χ4n) is 3.48. The molecule has 0 atom stereocenters. The highest BCUT2D eigenvalue weighted by Gasteiger charge is 2.15. The summed E-state index contributed by atoms with van der Waals surface area (Å²) in [6, 6.07) is 21.4. The number of rotatable bonds is 3. The fourth-order valence-corrected chi connectivity index (χ4v) is 3.48. The lowest BCUT2D eigenvalue weighted by atomic mass is 10.0. The van der Waals surface area contributed by atoms with Crippen LogP contribution < -0.4 is 4.74 Å². The van der Waals surface area contributed by atoms with Crippen LogP contribution in [0.15, 0.2) is 83.6 Å². The van der Waals surface area contributed by atoms with Gasteiger partial charge in [-0.3, -0.25) is 9.78 Å². The molecular formula is C23H15NO3. The molecule has 0 amide bonds. The second-order valence-electron chi connectivity index (χ2n) is 6.40. The molecule has 5 aromatic rings. The van der Waals surface area contributed by atoms with Crippen LogP contribution in [0.5, 0.6) is 5.75 Å². The molecule has 4 heteroatoms. The van der Waals surface area contributed by atoms with Crippen molar-refractivity contribution in [3.8, 4) is 5.75 Å². The van der Waals surface area contributed by atoms with Gasteiger partial charge in [-0.05, 0) is 29.0 Å². The Labute approximate surface area is 155 Å². The molecule has 4 nitrogen and oxygen atoms in total. The Morgan fingerprint density at radius 1 is 0.926 bits per heavy atom. The summed E-state index contributed by atoms with van der Waals surface area (Å²) in [5.74, 6) is 0.125. The summed E-state index contributed by atoms with van der Waals surface area (Å²) in [6.45, 7) is 0. The van der Waals surface area contributed by atoms with Crippen molar-refractivity contribution in [3.05, 3.63) is 84.8 Å². The van der Waals surface area contributed by atoms with Gasteiger partial charge >= 0.3 is 5.97 Å². The van der Waals surface area contributed by atoms with Gasteiger partial charge in [-0.15, -0.1) is 0 Å². The van der Waals surface area contributed by atoms with Crippen LogP contribution >= 0.6 is 0 Å². The molecule has 130 valence electrons. The van der Waals surface area contributed by atoms with Crippen molar-refractivity contribution < 1.29 is 13.9 Å². The molecule has 0 unspecified atom stereocenters. The van der Waals surface area contributed by atoms with Crippen molar-refractivity contribution in [1.29, 1.82) is 0 Å². The summed E-state index contributed by atoms with van der Waals surface area (Å²) in [5.41, 5.74) is 2.26. The van der Waals surface area contributed by atoms with Crippen molar-refractivity contribution in [2.24, 2.45) is 0 Å². The van der Waals surface area contributed by atoms with E-state index in [0.29, 0.717) is 11.3 Å². The molecule has 0 saturated heterocycles. The Hall–Kier alpha value is -3.66. The SMILES string of the molecule is O=C(Cc1coc2ccc3ccccc3c12)Oc1cccc2cccnc12.